The first-order valence-corrected chi connectivity index (χ1v) is 7.54. The smallest absolute Gasteiger partial charge is 0.235 e. The van der Waals surface area contributed by atoms with Crippen LogP contribution in [0.4, 0.5) is 5.69 Å². The van der Waals surface area contributed by atoms with Crippen LogP contribution < -0.4 is 5.32 Å². The van der Waals surface area contributed by atoms with Crippen LogP contribution in [0.5, 0.6) is 0 Å². The summed E-state index contributed by atoms with van der Waals surface area (Å²) in [6.45, 7) is 2.07. The van der Waals surface area contributed by atoms with Crippen LogP contribution in [-0.2, 0) is 10.2 Å². The number of nitrogens with zero attached hydrogens (tertiary/aromatic N) is 1. The Morgan fingerprint density at radius 2 is 2.14 bits per heavy atom. The van der Waals surface area contributed by atoms with Crippen LogP contribution in [0.15, 0.2) is 42.6 Å². The fourth-order valence-corrected chi connectivity index (χ4v) is 3.88. The van der Waals surface area contributed by atoms with E-state index in [0.717, 1.165) is 28.6 Å². The SMILES string of the molecule is Cc1ccc2c(c1)[C@]1(CC1c1ccc3cn[nH]c3c1)C(=O)N2. The van der Waals surface area contributed by atoms with Gasteiger partial charge in [0.2, 0.25) is 5.91 Å². The van der Waals surface area contributed by atoms with Crippen LogP contribution in [0.1, 0.15) is 29.0 Å². The van der Waals surface area contributed by atoms with Crippen LogP contribution in [0.3, 0.4) is 0 Å². The van der Waals surface area contributed by atoms with Crippen molar-refractivity contribution in [3.05, 3.63) is 59.3 Å². The largest absolute Gasteiger partial charge is 0.325 e. The summed E-state index contributed by atoms with van der Waals surface area (Å²) in [5.74, 6) is 0.394. The molecule has 1 aliphatic heterocycles. The van der Waals surface area contributed by atoms with Crippen molar-refractivity contribution >= 4 is 22.5 Å². The lowest BCUT2D eigenvalue weighted by molar-refractivity contribution is -0.118. The molecule has 2 atom stereocenters. The Balaban J connectivity index is 1.63. The van der Waals surface area contributed by atoms with Crippen LogP contribution in [0.2, 0.25) is 0 Å². The molecule has 4 nitrogen and oxygen atoms in total. The van der Waals surface area contributed by atoms with Crippen LogP contribution in [-0.4, -0.2) is 16.1 Å². The number of nitrogens with one attached hydrogen (secondary N) is 2. The van der Waals surface area contributed by atoms with Gasteiger partial charge in [0.1, 0.15) is 0 Å². The number of hydrogen-bond acceptors (Lipinski definition) is 2. The number of hydrogen-bond donors (Lipinski definition) is 2. The van der Waals surface area contributed by atoms with E-state index in [4.69, 9.17) is 0 Å². The van der Waals surface area contributed by atoms with Gasteiger partial charge in [-0.15, -0.1) is 0 Å². The Kier molecular flexibility index (Phi) is 2.05. The summed E-state index contributed by atoms with van der Waals surface area (Å²) in [7, 11) is 0. The van der Waals surface area contributed by atoms with E-state index < -0.39 is 0 Å². The molecule has 1 amide bonds. The number of anilines is 1. The van der Waals surface area contributed by atoms with Gasteiger partial charge in [0.15, 0.2) is 0 Å². The number of aromatic amines is 1. The molecule has 1 aliphatic carbocycles. The van der Waals surface area contributed by atoms with Crippen molar-refractivity contribution < 1.29 is 4.79 Å². The second-order valence-electron chi connectivity index (χ2n) is 6.45. The molecule has 3 aromatic rings. The van der Waals surface area contributed by atoms with Gasteiger partial charge in [-0.1, -0.05) is 29.8 Å². The number of carbonyl (C=O) groups is 1. The van der Waals surface area contributed by atoms with E-state index in [1.807, 2.05) is 18.3 Å². The molecule has 1 saturated carbocycles. The number of fused-ring (bicyclic) bond motifs is 3. The standard InChI is InChI=1S/C18H15N3O/c1-10-2-5-15-13(6-10)18(17(22)20-15)8-14(18)11-3-4-12-9-19-21-16(12)7-11/h2-7,9,14H,8H2,1H3,(H,19,21)(H,20,22)/t14?,18-/m0/s1. The number of H-pyrrole nitrogens is 1. The summed E-state index contributed by atoms with van der Waals surface area (Å²) in [6, 6.07) is 12.5. The van der Waals surface area contributed by atoms with E-state index in [1.165, 1.54) is 11.1 Å². The van der Waals surface area contributed by atoms with Crippen molar-refractivity contribution in [2.24, 2.45) is 0 Å². The lowest BCUT2D eigenvalue weighted by atomic mass is 9.91. The summed E-state index contributed by atoms with van der Waals surface area (Å²) in [4.78, 5) is 12.6. The molecule has 108 valence electrons. The molecule has 0 saturated heterocycles. The first kappa shape index (κ1) is 12.0. The van der Waals surface area contributed by atoms with E-state index in [-0.39, 0.29) is 17.2 Å². The zero-order valence-electron chi connectivity index (χ0n) is 12.2. The van der Waals surface area contributed by atoms with Gasteiger partial charge in [0.25, 0.3) is 0 Å². The molecule has 0 bridgehead atoms. The minimum Gasteiger partial charge on any atom is -0.325 e. The molecule has 1 aromatic heterocycles. The number of benzene rings is 2. The van der Waals surface area contributed by atoms with Gasteiger partial charge in [0.05, 0.1) is 17.1 Å². The quantitative estimate of drug-likeness (QED) is 0.722. The maximum absolute atomic E-state index is 12.6. The van der Waals surface area contributed by atoms with Gasteiger partial charge < -0.3 is 5.32 Å². The summed E-state index contributed by atoms with van der Waals surface area (Å²) >= 11 is 0. The Morgan fingerprint density at radius 3 is 3.05 bits per heavy atom. The van der Waals surface area contributed by atoms with Crippen molar-refractivity contribution in [2.45, 2.75) is 24.7 Å². The number of aromatic nitrogens is 2. The highest BCUT2D eigenvalue weighted by molar-refractivity contribution is 6.10. The van der Waals surface area contributed by atoms with E-state index >= 15 is 0 Å². The summed E-state index contributed by atoms with van der Waals surface area (Å²) < 4.78 is 0. The second kappa shape index (κ2) is 3.77. The van der Waals surface area contributed by atoms with Crippen molar-refractivity contribution in [3.8, 4) is 0 Å². The topological polar surface area (TPSA) is 57.8 Å². The monoisotopic (exact) mass is 289 g/mol. The average Bonchev–Trinajstić information content (AvgIpc) is 2.99. The van der Waals surface area contributed by atoms with Crippen molar-refractivity contribution in [1.82, 2.24) is 10.2 Å². The van der Waals surface area contributed by atoms with Crippen molar-refractivity contribution in [2.75, 3.05) is 5.32 Å². The lowest BCUT2D eigenvalue weighted by Gasteiger charge is -2.09. The van der Waals surface area contributed by atoms with Crippen molar-refractivity contribution in [1.29, 1.82) is 0 Å². The molecular weight excluding hydrogens is 274 g/mol. The summed E-state index contributed by atoms with van der Waals surface area (Å²) in [6.07, 6.45) is 2.71. The van der Waals surface area contributed by atoms with Gasteiger partial charge in [-0.05, 0) is 36.6 Å². The first-order chi connectivity index (χ1) is 10.7. The Labute approximate surface area is 127 Å². The Morgan fingerprint density at radius 1 is 1.23 bits per heavy atom. The van der Waals surface area contributed by atoms with E-state index in [2.05, 4.69) is 46.7 Å². The first-order valence-electron chi connectivity index (χ1n) is 7.54. The average molecular weight is 289 g/mol. The van der Waals surface area contributed by atoms with Gasteiger partial charge >= 0.3 is 0 Å². The maximum atomic E-state index is 12.6. The molecular formula is C18H15N3O. The van der Waals surface area contributed by atoms with E-state index in [1.54, 1.807) is 0 Å². The molecule has 22 heavy (non-hydrogen) atoms. The number of rotatable bonds is 1. The van der Waals surface area contributed by atoms with E-state index in [0.29, 0.717) is 0 Å². The molecule has 5 rings (SSSR count). The number of aryl methyl sites for hydroxylation is 1. The molecule has 2 aromatic carbocycles. The molecule has 2 heterocycles. The zero-order chi connectivity index (χ0) is 14.9. The molecule has 2 aliphatic rings. The Bertz CT molecular complexity index is 942. The van der Waals surface area contributed by atoms with Crippen LogP contribution in [0, 0.1) is 6.92 Å². The number of carbonyl (C=O) groups excluding carboxylic acids is 1. The van der Waals surface area contributed by atoms with Crippen LogP contribution in [0.25, 0.3) is 10.9 Å². The molecule has 4 heteroatoms. The zero-order valence-corrected chi connectivity index (χ0v) is 12.2. The van der Waals surface area contributed by atoms with Gasteiger partial charge in [-0.25, -0.2) is 0 Å². The van der Waals surface area contributed by atoms with E-state index in [9.17, 15) is 4.79 Å². The molecule has 0 radical (unpaired) electrons. The predicted molar refractivity (Wildman–Crippen MR) is 84.9 cm³/mol. The second-order valence-corrected chi connectivity index (χ2v) is 6.45. The third-order valence-corrected chi connectivity index (χ3v) is 5.14. The fraction of sp³-hybridized carbons (Fsp3) is 0.222. The molecule has 2 N–H and O–H groups in total. The summed E-state index contributed by atoms with van der Waals surface area (Å²) in [5.41, 5.74) is 5.20. The van der Waals surface area contributed by atoms with Crippen LogP contribution >= 0.6 is 0 Å². The fourth-order valence-electron chi connectivity index (χ4n) is 3.88. The highest BCUT2D eigenvalue weighted by Gasteiger charge is 2.65. The third-order valence-electron chi connectivity index (χ3n) is 5.14. The van der Waals surface area contributed by atoms with Crippen molar-refractivity contribution in [3.63, 3.8) is 0 Å². The predicted octanol–water partition coefficient (Wildman–Crippen LogP) is 3.25. The molecule has 1 unspecified atom stereocenters. The maximum Gasteiger partial charge on any atom is 0.235 e. The van der Waals surface area contributed by atoms with Gasteiger partial charge in [0, 0.05) is 17.0 Å². The Hall–Kier alpha value is -2.62. The van der Waals surface area contributed by atoms with Gasteiger partial charge in [-0.3, -0.25) is 9.89 Å². The molecule has 1 spiro atoms. The van der Waals surface area contributed by atoms with Gasteiger partial charge in [-0.2, -0.15) is 5.10 Å². The lowest BCUT2D eigenvalue weighted by Crippen LogP contribution is -2.21. The summed E-state index contributed by atoms with van der Waals surface area (Å²) in [5, 5.41) is 11.2. The molecule has 1 fully saturated rings. The minimum absolute atomic E-state index is 0.141. The third kappa shape index (κ3) is 1.37. The highest BCUT2D eigenvalue weighted by atomic mass is 16.2. The minimum atomic E-state index is -0.366. The normalized spacial score (nSPS) is 25.5. The number of amides is 1. The highest BCUT2D eigenvalue weighted by Crippen LogP contribution is 2.65.